The third-order valence-corrected chi connectivity index (χ3v) is 3.94. The highest BCUT2D eigenvalue weighted by molar-refractivity contribution is 9.10. The van der Waals surface area contributed by atoms with Crippen LogP contribution in [0.1, 0.15) is 5.01 Å². The molecule has 0 aliphatic carbocycles. The van der Waals surface area contributed by atoms with Crippen molar-refractivity contribution in [3.05, 3.63) is 33.1 Å². The van der Waals surface area contributed by atoms with Crippen molar-refractivity contribution in [3.63, 3.8) is 0 Å². The number of nitrogens with zero attached hydrogens (tertiary/aromatic N) is 1. The quantitative estimate of drug-likeness (QED) is 0.854. The van der Waals surface area contributed by atoms with Crippen LogP contribution < -0.4 is 4.74 Å². The molecule has 0 aliphatic heterocycles. The highest BCUT2D eigenvalue weighted by Crippen LogP contribution is 2.33. The molecule has 0 N–H and O–H groups in total. The first-order valence-electron chi connectivity index (χ1n) is 5.13. The van der Waals surface area contributed by atoms with Gasteiger partial charge in [-0.1, -0.05) is 15.9 Å². The molecule has 0 fully saturated rings. The van der Waals surface area contributed by atoms with E-state index in [9.17, 15) is 0 Å². The second-order valence-electron chi connectivity index (χ2n) is 3.44. The van der Waals surface area contributed by atoms with Gasteiger partial charge in [0.1, 0.15) is 5.75 Å². The molecule has 1 aromatic carbocycles. The topological polar surface area (TPSA) is 22.1 Å². The summed E-state index contributed by atoms with van der Waals surface area (Å²) in [7, 11) is 1.67. The maximum atomic E-state index is 5.35. The van der Waals surface area contributed by atoms with Crippen molar-refractivity contribution in [2.24, 2.45) is 0 Å². The van der Waals surface area contributed by atoms with E-state index >= 15 is 0 Å². The van der Waals surface area contributed by atoms with E-state index in [4.69, 9.17) is 4.74 Å². The number of aromatic nitrogens is 1. The van der Waals surface area contributed by atoms with Gasteiger partial charge < -0.3 is 4.74 Å². The predicted octanol–water partition coefficient (Wildman–Crippen LogP) is 4.05. The minimum Gasteiger partial charge on any atom is -0.496 e. The molecule has 1 heterocycles. The maximum absolute atomic E-state index is 5.35. The summed E-state index contributed by atoms with van der Waals surface area (Å²) in [6.45, 7) is 0. The number of hydrogen-bond acceptors (Lipinski definition) is 4. The molecule has 2 nitrogen and oxygen atoms in total. The van der Waals surface area contributed by atoms with Gasteiger partial charge in [-0.2, -0.15) is 12.6 Å². The molecule has 0 saturated heterocycles. The Morgan fingerprint density at radius 3 is 3.00 bits per heavy atom. The van der Waals surface area contributed by atoms with Crippen LogP contribution >= 0.6 is 39.9 Å². The fraction of sp³-hybridized carbons (Fsp3) is 0.250. The van der Waals surface area contributed by atoms with Gasteiger partial charge in [0.05, 0.1) is 17.8 Å². The Balaban J connectivity index is 2.40. The van der Waals surface area contributed by atoms with E-state index in [1.54, 1.807) is 18.4 Å². The Labute approximate surface area is 119 Å². The molecule has 2 aromatic rings. The summed E-state index contributed by atoms with van der Waals surface area (Å²) in [6, 6.07) is 5.93. The van der Waals surface area contributed by atoms with E-state index in [0.29, 0.717) is 0 Å². The number of halogens is 1. The molecule has 1 aromatic heterocycles. The fourth-order valence-corrected chi connectivity index (χ4v) is 3.05. The second kappa shape index (κ2) is 5.89. The van der Waals surface area contributed by atoms with Crippen LogP contribution in [0.5, 0.6) is 5.75 Å². The number of thiazole rings is 1. The van der Waals surface area contributed by atoms with Crippen LogP contribution in [0.3, 0.4) is 0 Å². The van der Waals surface area contributed by atoms with Gasteiger partial charge in [-0.25, -0.2) is 4.98 Å². The van der Waals surface area contributed by atoms with Gasteiger partial charge in [0.2, 0.25) is 0 Å². The molecule has 0 bridgehead atoms. The summed E-state index contributed by atoms with van der Waals surface area (Å²) in [5.74, 6) is 1.67. The van der Waals surface area contributed by atoms with Crippen LogP contribution in [0.2, 0.25) is 0 Å². The first kappa shape index (κ1) is 12.9. The van der Waals surface area contributed by atoms with Gasteiger partial charge in [0.25, 0.3) is 0 Å². The van der Waals surface area contributed by atoms with Crippen molar-refractivity contribution in [1.29, 1.82) is 0 Å². The van der Waals surface area contributed by atoms with Gasteiger partial charge in [0, 0.05) is 21.8 Å². The number of hydrogen-bond donors (Lipinski definition) is 1. The largest absolute Gasteiger partial charge is 0.496 e. The van der Waals surface area contributed by atoms with Gasteiger partial charge in [-0.05, 0) is 24.0 Å². The van der Waals surface area contributed by atoms with Crippen LogP contribution in [0.25, 0.3) is 11.3 Å². The molecule has 0 saturated carbocycles. The SMILES string of the molecule is COc1ccc(Br)cc1-c1csc(CCS)n1. The Morgan fingerprint density at radius 2 is 2.29 bits per heavy atom. The molecule has 0 amide bonds. The monoisotopic (exact) mass is 329 g/mol. The Morgan fingerprint density at radius 1 is 1.47 bits per heavy atom. The third-order valence-electron chi connectivity index (χ3n) is 2.31. The number of ether oxygens (including phenoxy) is 1. The summed E-state index contributed by atoms with van der Waals surface area (Å²) in [6.07, 6.45) is 0.907. The van der Waals surface area contributed by atoms with Crippen LogP contribution in [-0.2, 0) is 6.42 Å². The lowest BCUT2D eigenvalue weighted by Gasteiger charge is -2.06. The van der Waals surface area contributed by atoms with Crippen LogP contribution in [-0.4, -0.2) is 17.8 Å². The predicted molar refractivity (Wildman–Crippen MR) is 79.4 cm³/mol. The fourth-order valence-electron chi connectivity index (χ4n) is 1.53. The zero-order valence-electron chi connectivity index (χ0n) is 9.31. The second-order valence-corrected chi connectivity index (χ2v) is 5.75. The van der Waals surface area contributed by atoms with E-state index in [0.717, 1.165) is 38.7 Å². The maximum Gasteiger partial charge on any atom is 0.128 e. The smallest absolute Gasteiger partial charge is 0.128 e. The zero-order chi connectivity index (χ0) is 12.3. The Hall–Kier alpha value is -0.520. The van der Waals surface area contributed by atoms with Crippen molar-refractivity contribution in [1.82, 2.24) is 4.98 Å². The molecule has 0 radical (unpaired) electrons. The number of thiol groups is 1. The lowest BCUT2D eigenvalue weighted by molar-refractivity contribution is 0.416. The van der Waals surface area contributed by atoms with Crippen LogP contribution in [0, 0.1) is 0 Å². The molecule has 17 heavy (non-hydrogen) atoms. The summed E-state index contributed by atoms with van der Waals surface area (Å²) < 4.78 is 6.38. The van der Waals surface area contributed by atoms with Crippen molar-refractivity contribution in [3.8, 4) is 17.0 Å². The Bertz CT molecular complexity index is 513. The summed E-state index contributed by atoms with van der Waals surface area (Å²) in [5.41, 5.74) is 1.98. The average molecular weight is 330 g/mol. The zero-order valence-corrected chi connectivity index (χ0v) is 12.6. The molecular formula is C12H12BrNOS2. The number of aryl methyl sites for hydroxylation is 1. The molecular weight excluding hydrogens is 318 g/mol. The molecule has 0 unspecified atom stereocenters. The molecule has 0 atom stereocenters. The van der Waals surface area contributed by atoms with Crippen molar-refractivity contribution in [2.45, 2.75) is 6.42 Å². The Kier molecular flexibility index (Phi) is 4.48. The van der Waals surface area contributed by atoms with Crippen molar-refractivity contribution < 1.29 is 4.74 Å². The molecule has 0 spiro atoms. The first-order valence-corrected chi connectivity index (χ1v) is 7.44. The molecule has 2 rings (SSSR count). The van der Waals surface area contributed by atoms with Gasteiger partial charge in [-0.15, -0.1) is 11.3 Å². The summed E-state index contributed by atoms with van der Waals surface area (Å²) in [5, 5.41) is 3.17. The van der Waals surface area contributed by atoms with Gasteiger partial charge in [0.15, 0.2) is 0 Å². The van der Waals surface area contributed by atoms with E-state index in [-0.39, 0.29) is 0 Å². The number of benzene rings is 1. The van der Waals surface area contributed by atoms with Gasteiger partial charge >= 0.3 is 0 Å². The first-order chi connectivity index (χ1) is 8.24. The van der Waals surface area contributed by atoms with Crippen LogP contribution in [0.15, 0.2) is 28.1 Å². The molecule has 5 heteroatoms. The third kappa shape index (κ3) is 3.03. The average Bonchev–Trinajstić information content (AvgIpc) is 2.78. The number of rotatable bonds is 4. The highest BCUT2D eigenvalue weighted by atomic mass is 79.9. The summed E-state index contributed by atoms with van der Waals surface area (Å²) in [4.78, 5) is 4.59. The lowest BCUT2D eigenvalue weighted by Crippen LogP contribution is -1.89. The molecule has 0 aliphatic rings. The summed E-state index contributed by atoms with van der Waals surface area (Å²) >= 11 is 9.35. The standard InChI is InChI=1S/C12H12BrNOS2/c1-15-11-3-2-8(13)6-9(11)10-7-17-12(14-10)4-5-16/h2-3,6-7,16H,4-5H2,1H3. The van der Waals surface area contributed by atoms with E-state index < -0.39 is 0 Å². The van der Waals surface area contributed by atoms with Crippen LogP contribution in [0.4, 0.5) is 0 Å². The van der Waals surface area contributed by atoms with Crippen molar-refractivity contribution in [2.75, 3.05) is 12.9 Å². The minimum atomic E-state index is 0.822. The number of methoxy groups -OCH3 is 1. The normalized spacial score (nSPS) is 10.5. The van der Waals surface area contributed by atoms with E-state index in [2.05, 4.69) is 38.9 Å². The van der Waals surface area contributed by atoms with Crippen molar-refractivity contribution >= 4 is 39.9 Å². The minimum absolute atomic E-state index is 0.822. The van der Waals surface area contributed by atoms with E-state index in [1.807, 2.05) is 18.2 Å². The van der Waals surface area contributed by atoms with E-state index in [1.165, 1.54) is 0 Å². The van der Waals surface area contributed by atoms with Gasteiger partial charge in [-0.3, -0.25) is 0 Å². The molecule has 90 valence electrons. The lowest BCUT2D eigenvalue weighted by atomic mass is 10.1. The highest BCUT2D eigenvalue weighted by Gasteiger charge is 2.10.